The first-order chi connectivity index (χ1) is 19.7. The molecule has 2 fully saturated rings. The van der Waals surface area contributed by atoms with Crippen molar-refractivity contribution >= 4 is 17.7 Å². The van der Waals surface area contributed by atoms with Crippen LogP contribution in [-0.2, 0) is 23.9 Å². The zero-order chi connectivity index (χ0) is 30.2. The van der Waals surface area contributed by atoms with Crippen molar-refractivity contribution in [2.75, 3.05) is 32.9 Å². The summed E-state index contributed by atoms with van der Waals surface area (Å²) in [6.07, 6.45) is 6.16. The van der Waals surface area contributed by atoms with Crippen LogP contribution in [-0.4, -0.2) is 112 Å². The van der Waals surface area contributed by atoms with E-state index in [2.05, 4.69) is 10.6 Å². The fourth-order valence-corrected chi connectivity index (χ4v) is 5.52. The number of aliphatic hydroxyl groups excluding tert-OH is 4. The summed E-state index contributed by atoms with van der Waals surface area (Å²) in [5.41, 5.74) is 0. The van der Waals surface area contributed by atoms with Crippen LogP contribution in [0.3, 0.4) is 0 Å². The van der Waals surface area contributed by atoms with Crippen LogP contribution in [0.25, 0.3) is 0 Å². The van der Waals surface area contributed by atoms with E-state index in [1.54, 1.807) is 17.2 Å². The number of ether oxygens (including phenoxy) is 2. The number of unbranched alkanes of at least 4 members (excludes halogenated alkanes) is 4. The van der Waals surface area contributed by atoms with E-state index >= 15 is 0 Å². The van der Waals surface area contributed by atoms with Gasteiger partial charge in [-0.3, -0.25) is 14.4 Å². The maximum absolute atomic E-state index is 12.6. The number of likely N-dealkylation sites (tertiary alicyclic amines) is 1. The third-order valence-corrected chi connectivity index (χ3v) is 7.74. The molecular formula is C29H51N3O9. The molecule has 2 rings (SSSR count). The smallest absolute Gasteiger partial charge is 0.223 e. The van der Waals surface area contributed by atoms with Gasteiger partial charge in [0.05, 0.1) is 36.7 Å². The molecule has 1 saturated heterocycles. The highest BCUT2D eigenvalue weighted by molar-refractivity contribution is 5.77. The average Bonchev–Trinajstić information content (AvgIpc) is 3.31. The third-order valence-electron chi connectivity index (χ3n) is 7.74. The van der Waals surface area contributed by atoms with Crippen molar-refractivity contribution in [2.45, 2.75) is 115 Å². The van der Waals surface area contributed by atoms with Crippen LogP contribution in [0.1, 0.15) is 78.1 Å². The SMILES string of the molecule is CC=COC[C@@H]1C[C@@H](O)CN1C(=O)CCCCCNC(=O)CCCCCOC1CC(CO)C(O)C(O)C1NC(C)=O. The highest BCUT2D eigenvalue weighted by atomic mass is 16.5. The molecule has 41 heavy (non-hydrogen) atoms. The zero-order valence-corrected chi connectivity index (χ0v) is 24.6. The van der Waals surface area contributed by atoms with Crippen molar-refractivity contribution < 1.29 is 44.3 Å². The highest BCUT2D eigenvalue weighted by Crippen LogP contribution is 2.28. The Morgan fingerprint density at radius 3 is 2.41 bits per heavy atom. The molecule has 0 aromatic heterocycles. The maximum Gasteiger partial charge on any atom is 0.223 e. The molecule has 12 heteroatoms. The number of β-amino-alcohol motifs (C(OH)–C–C–N with tert-alkyl or cyclic N) is 1. The number of carbonyl (C=O) groups is 3. The number of nitrogens with one attached hydrogen (secondary N) is 2. The Bertz CT molecular complexity index is 827. The quantitative estimate of drug-likeness (QED) is 0.0979. The second-order valence-electron chi connectivity index (χ2n) is 11.2. The van der Waals surface area contributed by atoms with Crippen molar-refractivity contribution in [3.8, 4) is 0 Å². The Balaban J connectivity index is 1.53. The monoisotopic (exact) mass is 585 g/mol. The summed E-state index contributed by atoms with van der Waals surface area (Å²) in [4.78, 5) is 38.0. The Labute approximate surface area is 243 Å². The minimum Gasteiger partial charge on any atom is -0.499 e. The van der Waals surface area contributed by atoms with Crippen LogP contribution >= 0.6 is 0 Å². The van der Waals surface area contributed by atoms with Crippen LogP contribution < -0.4 is 10.6 Å². The molecule has 6 N–H and O–H groups in total. The van der Waals surface area contributed by atoms with E-state index in [-0.39, 0.29) is 30.4 Å². The number of hydrogen-bond donors (Lipinski definition) is 6. The molecule has 5 unspecified atom stereocenters. The van der Waals surface area contributed by atoms with Crippen LogP contribution in [0.5, 0.6) is 0 Å². The van der Waals surface area contributed by atoms with Crippen LogP contribution in [0.4, 0.5) is 0 Å². The van der Waals surface area contributed by atoms with Crippen molar-refractivity contribution in [3.05, 3.63) is 12.3 Å². The molecule has 2 aliphatic rings. The number of allylic oxidation sites excluding steroid dienone is 1. The molecule has 7 atom stereocenters. The topological polar surface area (TPSA) is 178 Å². The van der Waals surface area contributed by atoms with E-state index < -0.39 is 36.4 Å². The van der Waals surface area contributed by atoms with Gasteiger partial charge in [-0.05, 0) is 45.4 Å². The molecule has 0 spiro atoms. The summed E-state index contributed by atoms with van der Waals surface area (Å²) in [5, 5.41) is 45.5. The molecule has 1 aliphatic carbocycles. The Kier molecular flexibility index (Phi) is 16.2. The first-order valence-corrected chi connectivity index (χ1v) is 15.0. The molecule has 0 bridgehead atoms. The number of nitrogens with zero attached hydrogens (tertiary/aromatic N) is 1. The summed E-state index contributed by atoms with van der Waals surface area (Å²) in [7, 11) is 0. The molecule has 12 nitrogen and oxygen atoms in total. The van der Waals surface area contributed by atoms with Gasteiger partial charge in [0.1, 0.15) is 12.7 Å². The predicted molar refractivity (Wildman–Crippen MR) is 151 cm³/mol. The van der Waals surface area contributed by atoms with Crippen molar-refractivity contribution in [2.24, 2.45) is 5.92 Å². The van der Waals surface area contributed by atoms with E-state index in [9.17, 15) is 34.8 Å². The van der Waals surface area contributed by atoms with Gasteiger partial charge in [-0.25, -0.2) is 0 Å². The molecule has 1 aliphatic heterocycles. The maximum atomic E-state index is 12.6. The van der Waals surface area contributed by atoms with E-state index in [0.717, 1.165) is 25.7 Å². The number of rotatable bonds is 18. The number of amides is 3. The standard InChI is InChI=1S/C29H51N3O9/c1-3-13-40-19-22-16-23(35)17-32(22)26(37)11-7-4-8-12-30-25(36)10-6-5-9-14-41-24-15-21(18-33)28(38)29(39)27(24)31-20(2)34/h3,13,21-24,27-29,33,35,38-39H,4-12,14-19H2,1-2H3,(H,30,36)(H,31,34)/t21?,22-,23+,24?,27?,28?,29?/m0/s1. The van der Waals surface area contributed by atoms with Crippen molar-refractivity contribution in [1.82, 2.24) is 15.5 Å². The first-order valence-electron chi connectivity index (χ1n) is 15.0. The summed E-state index contributed by atoms with van der Waals surface area (Å²) in [5.74, 6) is -0.846. The fraction of sp³-hybridized carbons (Fsp3) is 0.828. The second kappa shape index (κ2) is 19.0. The van der Waals surface area contributed by atoms with E-state index in [1.165, 1.54) is 6.92 Å². The van der Waals surface area contributed by atoms with Crippen molar-refractivity contribution in [3.63, 3.8) is 0 Å². The third kappa shape index (κ3) is 12.3. The molecule has 236 valence electrons. The Hall–Kier alpha value is -2.25. The summed E-state index contributed by atoms with van der Waals surface area (Å²) >= 11 is 0. The van der Waals surface area contributed by atoms with Gasteiger partial charge >= 0.3 is 0 Å². The lowest BCUT2D eigenvalue weighted by Crippen LogP contribution is -2.61. The molecule has 3 amide bonds. The zero-order valence-electron chi connectivity index (χ0n) is 24.6. The fourth-order valence-electron chi connectivity index (χ4n) is 5.52. The Morgan fingerprint density at radius 1 is 0.976 bits per heavy atom. The minimum absolute atomic E-state index is 0.0158. The lowest BCUT2D eigenvalue weighted by atomic mass is 9.79. The Morgan fingerprint density at radius 2 is 1.71 bits per heavy atom. The normalized spacial score (nSPS) is 28.1. The van der Waals surface area contributed by atoms with Gasteiger partial charge in [-0.1, -0.05) is 18.9 Å². The largest absolute Gasteiger partial charge is 0.499 e. The first kappa shape index (κ1) is 34.9. The molecule has 0 radical (unpaired) electrons. The van der Waals surface area contributed by atoms with Gasteiger partial charge in [0, 0.05) is 52.0 Å². The summed E-state index contributed by atoms with van der Waals surface area (Å²) < 4.78 is 11.3. The van der Waals surface area contributed by atoms with E-state index in [4.69, 9.17) is 9.47 Å². The second-order valence-corrected chi connectivity index (χ2v) is 11.2. The highest BCUT2D eigenvalue weighted by Gasteiger charge is 2.44. The molecule has 1 saturated carbocycles. The van der Waals surface area contributed by atoms with Gasteiger partial charge in [0.25, 0.3) is 0 Å². The van der Waals surface area contributed by atoms with E-state index in [0.29, 0.717) is 64.8 Å². The van der Waals surface area contributed by atoms with Crippen LogP contribution in [0, 0.1) is 5.92 Å². The lowest BCUT2D eigenvalue weighted by molar-refractivity contribution is -0.142. The molecule has 0 aromatic rings. The lowest BCUT2D eigenvalue weighted by Gasteiger charge is -2.42. The van der Waals surface area contributed by atoms with Gasteiger partial charge in [-0.15, -0.1) is 0 Å². The van der Waals surface area contributed by atoms with Crippen LogP contribution in [0.15, 0.2) is 12.3 Å². The molecule has 1 heterocycles. The van der Waals surface area contributed by atoms with Gasteiger partial charge in [-0.2, -0.15) is 0 Å². The van der Waals surface area contributed by atoms with Gasteiger partial charge in [0.2, 0.25) is 17.7 Å². The number of aliphatic hydroxyl groups is 4. The number of carbonyl (C=O) groups excluding carboxylic acids is 3. The van der Waals surface area contributed by atoms with Crippen LogP contribution in [0.2, 0.25) is 0 Å². The van der Waals surface area contributed by atoms with Gasteiger partial charge in [0.15, 0.2) is 0 Å². The minimum atomic E-state index is -1.22. The predicted octanol–water partition coefficient (Wildman–Crippen LogP) is 0.359. The van der Waals surface area contributed by atoms with Gasteiger partial charge < -0.3 is 45.4 Å². The molecular weight excluding hydrogens is 534 g/mol. The molecule has 0 aromatic carbocycles. The average molecular weight is 586 g/mol. The summed E-state index contributed by atoms with van der Waals surface area (Å²) in [6.45, 7) is 4.57. The summed E-state index contributed by atoms with van der Waals surface area (Å²) in [6, 6.07) is -0.852. The van der Waals surface area contributed by atoms with E-state index in [1.807, 2.05) is 6.92 Å². The number of hydrogen-bond acceptors (Lipinski definition) is 9. The van der Waals surface area contributed by atoms with Crippen molar-refractivity contribution in [1.29, 1.82) is 0 Å².